The molecule has 2 heterocycles. The smallest absolute Gasteiger partial charge is 0.242 e. The molecular weight excluding hydrogens is 356 g/mol. The van der Waals surface area contributed by atoms with Crippen LogP contribution in [0.2, 0.25) is 0 Å². The topological polar surface area (TPSA) is 73.0 Å². The highest BCUT2D eigenvalue weighted by Gasteiger charge is 2.43. The van der Waals surface area contributed by atoms with Gasteiger partial charge < -0.3 is 15.1 Å². The average Bonchev–Trinajstić information content (AvgIpc) is 2.67. The van der Waals surface area contributed by atoms with Crippen LogP contribution in [0.15, 0.2) is 24.3 Å². The first-order valence-corrected chi connectivity index (χ1v) is 9.84. The summed E-state index contributed by atoms with van der Waals surface area (Å²) >= 11 is 0. The van der Waals surface area contributed by atoms with Crippen molar-refractivity contribution in [3.63, 3.8) is 0 Å². The largest absolute Gasteiger partial charge is 0.348 e. The van der Waals surface area contributed by atoms with Gasteiger partial charge in [-0.25, -0.2) is 0 Å². The quantitative estimate of drug-likeness (QED) is 0.822. The van der Waals surface area contributed by atoms with E-state index in [0.717, 1.165) is 25.9 Å². The normalized spacial score (nSPS) is 18.5. The summed E-state index contributed by atoms with van der Waals surface area (Å²) in [4.78, 5) is 41.6. The van der Waals surface area contributed by atoms with Crippen LogP contribution >= 0.6 is 0 Å². The fraction of sp³-hybridized carbons (Fsp3) is 0.571. The van der Waals surface area contributed by atoms with E-state index in [4.69, 9.17) is 0 Å². The lowest BCUT2D eigenvalue weighted by molar-refractivity contribution is -0.134. The Kier molecular flexibility index (Phi) is 6.03. The summed E-state index contributed by atoms with van der Waals surface area (Å²) < 4.78 is 0. The van der Waals surface area contributed by atoms with Crippen molar-refractivity contribution in [2.45, 2.75) is 31.7 Å². The molecule has 1 aromatic rings. The molecular formula is C21H30N4O3. The van der Waals surface area contributed by atoms with Crippen molar-refractivity contribution in [3.8, 4) is 0 Å². The molecule has 1 N–H and O–H groups in total. The predicted molar refractivity (Wildman–Crippen MR) is 107 cm³/mol. The summed E-state index contributed by atoms with van der Waals surface area (Å²) in [7, 11) is 3.56. The van der Waals surface area contributed by atoms with Crippen LogP contribution in [-0.2, 0) is 26.3 Å². The molecule has 2 aliphatic rings. The summed E-state index contributed by atoms with van der Waals surface area (Å²) in [5.41, 5.74) is 2.43. The molecule has 7 nitrogen and oxygen atoms in total. The molecule has 7 heteroatoms. The third-order valence-corrected chi connectivity index (χ3v) is 5.96. The minimum atomic E-state index is -0.195. The first kappa shape index (κ1) is 20.3. The fourth-order valence-corrected chi connectivity index (χ4v) is 4.28. The van der Waals surface area contributed by atoms with E-state index in [1.807, 2.05) is 11.0 Å². The Labute approximate surface area is 166 Å². The zero-order valence-corrected chi connectivity index (χ0v) is 17.0. The Morgan fingerprint density at radius 3 is 2.46 bits per heavy atom. The minimum absolute atomic E-state index is 0.0387. The van der Waals surface area contributed by atoms with Crippen molar-refractivity contribution in [1.82, 2.24) is 20.0 Å². The maximum absolute atomic E-state index is 12.7. The van der Waals surface area contributed by atoms with E-state index in [-0.39, 0.29) is 29.7 Å². The van der Waals surface area contributed by atoms with Crippen molar-refractivity contribution >= 4 is 17.7 Å². The molecule has 0 saturated carbocycles. The second-order valence-electron chi connectivity index (χ2n) is 8.16. The van der Waals surface area contributed by atoms with Gasteiger partial charge in [0.2, 0.25) is 17.7 Å². The van der Waals surface area contributed by atoms with Crippen LogP contribution in [0.4, 0.5) is 0 Å². The molecule has 3 amide bonds. The van der Waals surface area contributed by atoms with E-state index in [0.29, 0.717) is 19.6 Å². The Morgan fingerprint density at radius 2 is 1.82 bits per heavy atom. The summed E-state index contributed by atoms with van der Waals surface area (Å²) in [5, 5.41) is 2.62. The maximum atomic E-state index is 12.7. The van der Waals surface area contributed by atoms with Gasteiger partial charge in [0.25, 0.3) is 0 Å². The minimum Gasteiger partial charge on any atom is -0.348 e. The molecule has 2 aliphatic heterocycles. The van der Waals surface area contributed by atoms with Gasteiger partial charge in [0.1, 0.15) is 0 Å². The van der Waals surface area contributed by atoms with Gasteiger partial charge in [0, 0.05) is 39.5 Å². The number of fused-ring (bicyclic) bond motifs is 2. The van der Waals surface area contributed by atoms with Crippen LogP contribution in [0.3, 0.4) is 0 Å². The number of rotatable bonds is 4. The molecule has 28 heavy (non-hydrogen) atoms. The molecule has 1 spiro atoms. The maximum Gasteiger partial charge on any atom is 0.242 e. The van der Waals surface area contributed by atoms with Gasteiger partial charge in [-0.1, -0.05) is 24.3 Å². The number of benzene rings is 1. The first-order valence-electron chi connectivity index (χ1n) is 9.84. The van der Waals surface area contributed by atoms with Gasteiger partial charge in [-0.3, -0.25) is 19.3 Å². The van der Waals surface area contributed by atoms with Gasteiger partial charge in [-0.15, -0.1) is 0 Å². The SMILES string of the molecule is CC(=O)NCC(=O)N1Cc2ccccc2C2(CCN(CC(=O)N(C)C)CC2)C1. The lowest BCUT2D eigenvalue weighted by Crippen LogP contribution is -2.55. The highest BCUT2D eigenvalue weighted by molar-refractivity contribution is 5.84. The Morgan fingerprint density at radius 1 is 1.14 bits per heavy atom. The van der Waals surface area contributed by atoms with Crippen molar-refractivity contribution in [3.05, 3.63) is 35.4 Å². The number of nitrogens with zero attached hydrogens (tertiary/aromatic N) is 3. The standard InChI is InChI=1S/C21H30N4O3/c1-16(26)22-12-19(27)25-13-17-6-4-5-7-18(17)21(15-25)8-10-24(11-9-21)14-20(28)23(2)3/h4-7H,8-15H2,1-3H3,(H,22,26). The van der Waals surface area contributed by atoms with Gasteiger partial charge >= 0.3 is 0 Å². The van der Waals surface area contributed by atoms with E-state index in [9.17, 15) is 14.4 Å². The van der Waals surface area contributed by atoms with Crippen LogP contribution in [0.5, 0.6) is 0 Å². The lowest BCUT2D eigenvalue weighted by Gasteiger charge is -2.48. The van der Waals surface area contributed by atoms with Crippen LogP contribution in [-0.4, -0.2) is 79.2 Å². The third kappa shape index (κ3) is 4.35. The Balaban J connectivity index is 1.75. The van der Waals surface area contributed by atoms with Crippen molar-refractivity contribution in [1.29, 1.82) is 0 Å². The number of likely N-dealkylation sites (N-methyl/N-ethyl adjacent to an activating group) is 1. The van der Waals surface area contributed by atoms with Gasteiger partial charge in [0.05, 0.1) is 13.1 Å². The number of nitrogens with one attached hydrogen (secondary N) is 1. The van der Waals surface area contributed by atoms with Gasteiger partial charge in [0.15, 0.2) is 0 Å². The average molecular weight is 386 g/mol. The molecule has 0 aliphatic carbocycles. The zero-order chi connectivity index (χ0) is 20.3. The monoisotopic (exact) mass is 386 g/mol. The van der Waals surface area contributed by atoms with Crippen LogP contribution in [0.25, 0.3) is 0 Å². The summed E-state index contributed by atoms with van der Waals surface area (Å²) in [6, 6.07) is 8.36. The van der Waals surface area contributed by atoms with Crippen LogP contribution < -0.4 is 5.32 Å². The highest BCUT2D eigenvalue weighted by Crippen LogP contribution is 2.41. The van der Waals surface area contributed by atoms with E-state index in [2.05, 4.69) is 28.4 Å². The Hall–Kier alpha value is -2.41. The number of amides is 3. The molecule has 3 rings (SSSR count). The predicted octanol–water partition coefficient (Wildman–Crippen LogP) is 0.587. The van der Waals surface area contributed by atoms with E-state index in [1.54, 1.807) is 19.0 Å². The highest BCUT2D eigenvalue weighted by atomic mass is 16.2. The molecule has 1 fully saturated rings. The number of carbonyl (C=O) groups excluding carboxylic acids is 3. The van der Waals surface area contributed by atoms with Crippen molar-refractivity contribution in [2.75, 3.05) is 46.8 Å². The summed E-state index contributed by atoms with van der Waals surface area (Å²) in [6.07, 6.45) is 1.82. The molecule has 0 unspecified atom stereocenters. The molecule has 1 saturated heterocycles. The Bertz CT molecular complexity index is 754. The molecule has 0 radical (unpaired) electrons. The second-order valence-corrected chi connectivity index (χ2v) is 8.16. The second kappa shape index (κ2) is 8.31. The van der Waals surface area contributed by atoms with Gasteiger partial charge in [-0.05, 0) is 37.1 Å². The van der Waals surface area contributed by atoms with E-state index >= 15 is 0 Å². The van der Waals surface area contributed by atoms with E-state index in [1.165, 1.54) is 18.1 Å². The fourth-order valence-electron chi connectivity index (χ4n) is 4.28. The number of carbonyl (C=O) groups is 3. The molecule has 0 bridgehead atoms. The first-order chi connectivity index (χ1) is 13.3. The van der Waals surface area contributed by atoms with Gasteiger partial charge in [-0.2, -0.15) is 0 Å². The number of likely N-dealkylation sites (tertiary alicyclic amines) is 1. The summed E-state index contributed by atoms with van der Waals surface area (Å²) in [6.45, 7) is 4.82. The molecule has 152 valence electrons. The summed E-state index contributed by atoms with van der Waals surface area (Å²) in [5.74, 6) is -0.124. The lowest BCUT2D eigenvalue weighted by atomic mass is 9.69. The zero-order valence-electron chi connectivity index (χ0n) is 17.0. The molecule has 0 aromatic heterocycles. The van der Waals surface area contributed by atoms with Crippen LogP contribution in [0, 0.1) is 0 Å². The number of piperidine rings is 1. The number of hydrogen-bond donors (Lipinski definition) is 1. The van der Waals surface area contributed by atoms with E-state index < -0.39 is 0 Å². The molecule has 1 aromatic carbocycles. The number of hydrogen-bond acceptors (Lipinski definition) is 4. The molecule has 0 atom stereocenters. The van der Waals surface area contributed by atoms with Crippen LogP contribution in [0.1, 0.15) is 30.9 Å². The van der Waals surface area contributed by atoms with Crippen molar-refractivity contribution < 1.29 is 14.4 Å². The van der Waals surface area contributed by atoms with Crippen molar-refractivity contribution in [2.24, 2.45) is 0 Å². The third-order valence-electron chi connectivity index (χ3n) is 5.96.